The lowest BCUT2D eigenvalue weighted by Gasteiger charge is -2.46. The number of para-hydroxylation sites is 2. The Balaban J connectivity index is 1.01. The van der Waals surface area contributed by atoms with Gasteiger partial charge in [0, 0.05) is 31.2 Å². The molecule has 0 radical (unpaired) electrons. The number of amides is 1. The van der Waals surface area contributed by atoms with Crippen LogP contribution in [-0.4, -0.2) is 57.2 Å². The van der Waals surface area contributed by atoms with Gasteiger partial charge in [-0.3, -0.25) is 4.90 Å². The fraction of sp³-hybridized carbons (Fsp3) is 0.474. The number of carbonyl (C=O) groups is 1. The van der Waals surface area contributed by atoms with E-state index in [9.17, 15) is 4.79 Å². The zero-order valence-electron chi connectivity index (χ0n) is 26.3. The van der Waals surface area contributed by atoms with E-state index >= 15 is 0 Å². The first-order valence-electron chi connectivity index (χ1n) is 16.7. The molecule has 2 unspecified atom stereocenters. The van der Waals surface area contributed by atoms with Crippen LogP contribution in [0.4, 0.5) is 4.79 Å². The van der Waals surface area contributed by atoms with E-state index in [0.29, 0.717) is 24.7 Å². The Morgan fingerprint density at radius 3 is 2.20 bits per heavy atom. The number of fused-ring (bicyclic) bond motifs is 3. The fourth-order valence-electron chi connectivity index (χ4n) is 8.78. The minimum absolute atomic E-state index is 0.153. The van der Waals surface area contributed by atoms with Crippen molar-refractivity contribution in [3.8, 4) is 0 Å². The molecule has 2 saturated heterocycles. The summed E-state index contributed by atoms with van der Waals surface area (Å²) >= 11 is 0. The number of aryl methyl sites for hydroxylation is 1. The molecule has 6 heteroatoms. The van der Waals surface area contributed by atoms with E-state index in [0.717, 1.165) is 49.1 Å². The van der Waals surface area contributed by atoms with E-state index in [2.05, 4.69) is 71.0 Å². The number of ether oxygens (including phenoxy) is 1. The van der Waals surface area contributed by atoms with Crippen molar-refractivity contribution in [2.45, 2.75) is 101 Å². The maximum Gasteiger partial charge on any atom is 0.410 e. The SMILES string of the molecule is Cc1nc2ccccc2n1C1CC2CCC(C1)N2CCC1(c2ccccc2)CCC(N(C)C(=O)OCc2ccccc2)CC1. The van der Waals surface area contributed by atoms with Crippen LogP contribution in [0, 0.1) is 6.92 Å². The number of aromatic nitrogens is 2. The molecule has 1 saturated carbocycles. The van der Waals surface area contributed by atoms with Crippen LogP contribution in [0.5, 0.6) is 0 Å². The zero-order valence-corrected chi connectivity index (χ0v) is 26.3. The number of benzene rings is 3. The van der Waals surface area contributed by atoms with Gasteiger partial charge in [0.1, 0.15) is 12.4 Å². The molecule has 3 fully saturated rings. The van der Waals surface area contributed by atoms with Crippen LogP contribution in [0.25, 0.3) is 11.0 Å². The predicted octanol–water partition coefficient (Wildman–Crippen LogP) is 8.05. The standard InChI is InChI=1S/C38H46N4O2/c1-28-39-35-15-9-10-16-36(35)42(28)34-25-32-17-18-33(26-34)41(32)24-23-38(30-13-7-4-8-14-30)21-19-31(20-22-38)40(2)37(43)44-27-29-11-5-3-6-12-29/h3-16,31-34H,17-27H2,1-2H3. The Bertz CT molecular complexity index is 1550. The molecule has 1 aromatic heterocycles. The smallest absolute Gasteiger partial charge is 0.410 e. The largest absolute Gasteiger partial charge is 0.445 e. The van der Waals surface area contributed by atoms with Crippen LogP contribution in [0.2, 0.25) is 0 Å². The molecule has 3 aromatic carbocycles. The summed E-state index contributed by atoms with van der Waals surface area (Å²) in [6, 6.07) is 31.8. The molecular weight excluding hydrogens is 544 g/mol. The van der Waals surface area contributed by atoms with Gasteiger partial charge >= 0.3 is 6.09 Å². The van der Waals surface area contributed by atoms with Gasteiger partial charge in [-0.15, -0.1) is 0 Å². The number of carbonyl (C=O) groups excluding carboxylic acids is 1. The molecule has 44 heavy (non-hydrogen) atoms. The number of piperidine rings is 1. The minimum Gasteiger partial charge on any atom is -0.445 e. The third-order valence-corrected chi connectivity index (χ3v) is 11.2. The average Bonchev–Trinajstić information content (AvgIpc) is 3.53. The van der Waals surface area contributed by atoms with Gasteiger partial charge < -0.3 is 14.2 Å². The van der Waals surface area contributed by atoms with Gasteiger partial charge in [0.25, 0.3) is 0 Å². The maximum absolute atomic E-state index is 13.0. The highest BCUT2D eigenvalue weighted by Crippen LogP contribution is 2.47. The molecule has 6 nitrogen and oxygen atoms in total. The fourth-order valence-corrected chi connectivity index (χ4v) is 8.78. The van der Waals surface area contributed by atoms with Crippen molar-refractivity contribution < 1.29 is 9.53 Å². The number of nitrogens with zero attached hydrogens (tertiary/aromatic N) is 4. The summed E-state index contributed by atoms with van der Waals surface area (Å²) in [5.41, 5.74) is 5.05. The second-order valence-corrected chi connectivity index (χ2v) is 13.5. The zero-order chi connectivity index (χ0) is 30.1. The van der Waals surface area contributed by atoms with Crippen molar-refractivity contribution >= 4 is 17.1 Å². The lowest BCUT2D eigenvalue weighted by atomic mass is 9.66. The quantitative estimate of drug-likeness (QED) is 0.208. The molecule has 2 aliphatic heterocycles. The highest BCUT2D eigenvalue weighted by molar-refractivity contribution is 5.76. The highest BCUT2D eigenvalue weighted by Gasteiger charge is 2.44. The highest BCUT2D eigenvalue weighted by atomic mass is 16.6. The molecule has 0 spiro atoms. The first-order chi connectivity index (χ1) is 21.5. The first-order valence-corrected chi connectivity index (χ1v) is 16.7. The van der Waals surface area contributed by atoms with Crippen molar-refractivity contribution in [1.29, 1.82) is 0 Å². The van der Waals surface area contributed by atoms with E-state index < -0.39 is 0 Å². The summed E-state index contributed by atoms with van der Waals surface area (Å²) in [4.78, 5) is 22.6. The lowest BCUT2D eigenvalue weighted by molar-refractivity contribution is 0.0665. The van der Waals surface area contributed by atoms with Crippen LogP contribution in [0.1, 0.15) is 80.8 Å². The summed E-state index contributed by atoms with van der Waals surface area (Å²) in [6.07, 6.45) is 10.2. The van der Waals surface area contributed by atoms with Crippen LogP contribution in [0.3, 0.4) is 0 Å². The van der Waals surface area contributed by atoms with Crippen molar-refractivity contribution in [1.82, 2.24) is 19.4 Å². The summed E-state index contributed by atoms with van der Waals surface area (Å²) in [7, 11) is 1.92. The van der Waals surface area contributed by atoms with Crippen LogP contribution in [0.15, 0.2) is 84.9 Å². The van der Waals surface area contributed by atoms with Gasteiger partial charge in [0.05, 0.1) is 11.0 Å². The van der Waals surface area contributed by atoms with Gasteiger partial charge in [-0.05, 0) is 99.9 Å². The molecule has 1 amide bonds. The van der Waals surface area contributed by atoms with Gasteiger partial charge in [-0.1, -0.05) is 72.8 Å². The Labute approximate surface area is 262 Å². The molecule has 7 rings (SSSR count). The first kappa shape index (κ1) is 29.1. The molecule has 2 atom stereocenters. The van der Waals surface area contributed by atoms with Crippen molar-refractivity contribution in [3.05, 3.63) is 102 Å². The third kappa shape index (κ3) is 5.65. The molecule has 2 bridgehead atoms. The summed E-state index contributed by atoms with van der Waals surface area (Å²) in [5.74, 6) is 1.15. The van der Waals surface area contributed by atoms with Crippen LogP contribution < -0.4 is 0 Å². The molecule has 230 valence electrons. The minimum atomic E-state index is -0.216. The molecule has 3 heterocycles. The maximum atomic E-state index is 13.0. The number of hydrogen-bond donors (Lipinski definition) is 0. The van der Waals surface area contributed by atoms with E-state index in [1.165, 1.54) is 43.2 Å². The number of hydrogen-bond acceptors (Lipinski definition) is 4. The molecule has 1 aliphatic carbocycles. The van der Waals surface area contributed by atoms with Crippen molar-refractivity contribution in [3.63, 3.8) is 0 Å². The van der Waals surface area contributed by atoms with Gasteiger partial charge in [-0.25, -0.2) is 9.78 Å². The van der Waals surface area contributed by atoms with Crippen molar-refractivity contribution in [2.24, 2.45) is 0 Å². The monoisotopic (exact) mass is 590 g/mol. The van der Waals surface area contributed by atoms with E-state index in [1.807, 2.05) is 42.3 Å². The Kier molecular flexibility index (Phi) is 8.19. The van der Waals surface area contributed by atoms with E-state index in [4.69, 9.17) is 9.72 Å². The van der Waals surface area contributed by atoms with Crippen LogP contribution in [-0.2, 0) is 16.8 Å². The Morgan fingerprint density at radius 2 is 1.50 bits per heavy atom. The summed E-state index contributed by atoms with van der Waals surface area (Å²) in [6.45, 7) is 3.65. The third-order valence-electron chi connectivity index (χ3n) is 11.2. The van der Waals surface area contributed by atoms with Crippen molar-refractivity contribution in [2.75, 3.05) is 13.6 Å². The second-order valence-electron chi connectivity index (χ2n) is 13.5. The van der Waals surface area contributed by atoms with Gasteiger partial charge in [0.15, 0.2) is 0 Å². The summed E-state index contributed by atoms with van der Waals surface area (Å²) in [5, 5.41) is 0. The predicted molar refractivity (Wildman–Crippen MR) is 176 cm³/mol. The Morgan fingerprint density at radius 1 is 0.864 bits per heavy atom. The van der Waals surface area contributed by atoms with Gasteiger partial charge in [-0.2, -0.15) is 0 Å². The van der Waals surface area contributed by atoms with Crippen LogP contribution >= 0.6 is 0 Å². The molecule has 4 aromatic rings. The molecule has 0 N–H and O–H groups in total. The van der Waals surface area contributed by atoms with E-state index in [-0.39, 0.29) is 17.6 Å². The lowest BCUT2D eigenvalue weighted by Crippen LogP contribution is -2.47. The number of imidazole rings is 1. The normalized spacial score (nSPS) is 27.0. The number of rotatable bonds is 8. The average molecular weight is 591 g/mol. The summed E-state index contributed by atoms with van der Waals surface area (Å²) < 4.78 is 8.21. The Hall–Kier alpha value is -3.64. The molecular formula is C38H46N4O2. The topological polar surface area (TPSA) is 50.6 Å². The second kappa shape index (κ2) is 12.4. The van der Waals surface area contributed by atoms with Gasteiger partial charge in [0.2, 0.25) is 0 Å². The van der Waals surface area contributed by atoms with E-state index in [1.54, 1.807) is 0 Å². The molecule has 3 aliphatic rings.